The molecule has 2 aromatic rings. The third-order valence-electron chi connectivity index (χ3n) is 4.34. The highest BCUT2D eigenvalue weighted by Crippen LogP contribution is 2.21. The van der Waals surface area contributed by atoms with Crippen molar-refractivity contribution in [1.82, 2.24) is 10.2 Å². The van der Waals surface area contributed by atoms with Crippen molar-refractivity contribution in [2.24, 2.45) is 0 Å². The van der Waals surface area contributed by atoms with Crippen molar-refractivity contribution in [2.45, 2.75) is 19.1 Å². The maximum absolute atomic E-state index is 12.6. The summed E-state index contributed by atoms with van der Waals surface area (Å²) in [6.07, 6.45) is 1.00. The van der Waals surface area contributed by atoms with E-state index in [1.54, 1.807) is 0 Å². The number of hydrogen-bond donors (Lipinski definition) is 1. The molecule has 25 heavy (non-hydrogen) atoms. The third kappa shape index (κ3) is 4.97. The first kappa shape index (κ1) is 19.8. The van der Waals surface area contributed by atoms with Crippen LogP contribution in [0, 0.1) is 0 Å². The first-order valence-electron chi connectivity index (χ1n) is 8.09. The number of nitrogens with zero attached hydrogens (tertiary/aromatic N) is 1. The number of carbonyl (C=O) groups excluding carboxylic acids is 1. The summed E-state index contributed by atoms with van der Waals surface area (Å²) >= 11 is 3.52. The number of benzene rings is 2. The predicted molar refractivity (Wildman–Crippen MR) is 106 cm³/mol. The van der Waals surface area contributed by atoms with Gasteiger partial charge in [0, 0.05) is 35.2 Å². The summed E-state index contributed by atoms with van der Waals surface area (Å²) in [7, 11) is 1.87. The smallest absolute Gasteiger partial charge is 0.254 e. The lowest BCUT2D eigenvalue weighted by atomic mass is 10.1. The van der Waals surface area contributed by atoms with E-state index in [0.29, 0.717) is 17.9 Å². The number of amides is 1. The number of carbonyl (C=O) groups is 1. The molecule has 1 unspecified atom stereocenters. The van der Waals surface area contributed by atoms with Crippen molar-refractivity contribution in [1.29, 1.82) is 0 Å². The Balaban J connectivity index is 0.00000225. The summed E-state index contributed by atoms with van der Waals surface area (Å²) < 4.78 is 6.88. The van der Waals surface area contributed by atoms with Crippen molar-refractivity contribution >= 4 is 34.2 Å². The second-order valence-electron chi connectivity index (χ2n) is 5.97. The van der Waals surface area contributed by atoms with E-state index < -0.39 is 0 Å². The standard InChI is InChI=1S/C19H21BrN2O2.ClH/c1-22(16-9-10-21-12-16)19(23)14-6-4-7-17(11-14)24-13-15-5-2-3-8-18(15)20;/h2-8,11,16,21H,9-10,12-13H2,1H3;1H. The van der Waals surface area contributed by atoms with Gasteiger partial charge in [-0.15, -0.1) is 12.4 Å². The zero-order valence-corrected chi connectivity index (χ0v) is 16.5. The van der Waals surface area contributed by atoms with Crippen LogP contribution in [0.1, 0.15) is 22.3 Å². The molecule has 4 nitrogen and oxygen atoms in total. The summed E-state index contributed by atoms with van der Waals surface area (Å²) in [6.45, 7) is 2.29. The van der Waals surface area contributed by atoms with Gasteiger partial charge in [-0.2, -0.15) is 0 Å². The molecule has 1 fully saturated rings. The highest BCUT2D eigenvalue weighted by Gasteiger charge is 2.24. The SMILES string of the molecule is CN(C(=O)c1cccc(OCc2ccccc2Br)c1)C1CCNC1.Cl. The van der Waals surface area contributed by atoms with Crippen LogP contribution >= 0.6 is 28.3 Å². The van der Waals surface area contributed by atoms with Gasteiger partial charge in [0.15, 0.2) is 0 Å². The Bertz CT molecular complexity index is 720. The van der Waals surface area contributed by atoms with Gasteiger partial charge in [-0.25, -0.2) is 0 Å². The summed E-state index contributed by atoms with van der Waals surface area (Å²) in [5.74, 6) is 0.740. The Morgan fingerprint density at radius 1 is 1.28 bits per heavy atom. The van der Waals surface area contributed by atoms with Crippen LogP contribution in [-0.2, 0) is 6.61 Å². The lowest BCUT2D eigenvalue weighted by Gasteiger charge is -2.24. The van der Waals surface area contributed by atoms with Gasteiger partial charge in [0.1, 0.15) is 12.4 Å². The Hall–Kier alpha value is -1.56. The van der Waals surface area contributed by atoms with Gasteiger partial charge in [0.2, 0.25) is 0 Å². The Morgan fingerprint density at radius 3 is 2.80 bits per heavy atom. The maximum atomic E-state index is 12.6. The van der Waals surface area contributed by atoms with Crippen LogP contribution < -0.4 is 10.1 Å². The molecule has 1 heterocycles. The number of hydrogen-bond acceptors (Lipinski definition) is 3. The molecule has 1 saturated heterocycles. The molecule has 1 aliphatic heterocycles. The fraction of sp³-hybridized carbons (Fsp3) is 0.316. The van der Waals surface area contributed by atoms with Crippen LogP contribution in [0.5, 0.6) is 5.75 Å². The zero-order chi connectivity index (χ0) is 16.9. The van der Waals surface area contributed by atoms with Gasteiger partial charge in [0.25, 0.3) is 5.91 Å². The molecule has 1 atom stereocenters. The second-order valence-corrected chi connectivity index (χ2v) is 6.82. The number of rotatable bonds is 5. The van der Waals surface area contributed by atoms with Crippen molar-refractivity contribution < 1.29 is 9.53 Å². The van der Waals surface area contributed by atoms with Gasteiger partial charge in [-0.3, -0.25) is 4.79 Å². The van der Waals surface area contributed by atoms with Crippen molar-refractivity contribution in [3.63, 3.8) is 0 Å². The molecule has 6 heteroatoms. The molecule has 1 aliphatic rings. The zero-order valence-electron chi connectivity index (χ0n) is 14.1. The van der Waals surface area contributed by atoms with Gasteiger partial charge < -0.3 is 15.0 Å². The molecule has 0 radical (unpaired) electrons. The molecule has 0 aliphatic carbocycles. The van der Waals surface area contributed by atoms with E-state index in [1.165, 1.54) is 0 Å². The molecule has 134 valence electrons. The van der Waals surface area contributed by atoms with E-state index >= 15 is 0 Å². The Labute approximate surface area is 163 Å². The molecular weight excluding hydrogens is 404 g/mol. The quantitative estimate of drug-likeness (QED) is 0.790. The largest absolute Gasteiger partial charge is 0.489 e. The van der Waals surface area contributed by atoms with Crippen LogP contribution in [-0.4, -0.2) is 37.0 Å². The molecule has 0 saturated carbocycles. The normalized spacial score (nSPS) is 16.2. The van der Waals surface area contributed by atoms with Gasteiger partial charge in [0.05, 0.1) is 0 Å². The average molecular weight is 426 g/mol. The fourth-order valence-electron chi connectivity index (χ4n) is 2.83. The van der Waals surface area contributed by atoms with Crippen molar-refractivity contribution in [2.75, 3.05) is 20.1 Å². The molecule has 2 aromatic carbocycles. The first-order chi connectivity index (χ1) is 11.6. The topological polar surface area (TPSA) is 41.6 Å². The first-order valence-corrected chi connectivity index (χ1v) is 8.88. The third-order valence-corrected chi connectivity index (χ3v) is 5.11. The lowest BCUT2D eigenvalue weighted by Crippen LogP contribution is -2.38. The van der Waals surface area contributed by atoms with Crippen molar-refractivity contribution in [3.8, 4) is 5.75 Å². The van der Waals surface area contributed by atoms with Gasteiger partial charge in [-0.1, -0.05) is 40.2 Å². The van der Waals surface area contributed by atoms with Gasteiger partial charge >= 0.3 is 0 Å². The monoisotopic (exact) mass is 424 g/mol. The van der Waals surface area contributed by atoms with E-state index in [0.717, 1.165) is 29.5 Å². The van der Waals surface area contributed by atoms with Crippen LogP contribution in [0.25, 0.3) is 0 Å². The highest BCUT2D eigenvalue weighted by atomic mass is 79.9. The van der Waals surface area contributed by atoms with E-state index in [-0.39, 0.29) is 24.4 Å². The number of ether oxygens (including phenoxy) is 1. The molecule has 0 spiro atoms. The molecule has 0 bridgehead atoms. The molecule has 3 rings (SSSR count). The van der Waals surface area contributed by atoms with Crippen LogP contribution in [0.2, 0.25) is 0 Å². The summed E-state index contributed by atoms with van der Waals surface area (Å²) in [5, 5.41) is 3.29. The van der Waals surface area contributed by atoms with Crippen LogP contribution in [0.15, 0.2) is 53.0 Å². The van der Waals surface area contributed by atoms with E-state index in [9.17, 15) is 4.79 Å². The van der Waals surface area contributed by atoms with Crippen molar-refractivity contribution in [3.05, 3.63) is 64.1 Å². The van der Waals surface area contributed by atoms with E-state index in [4.69, 9.17) is 4.74 Å². The molecule has 1 amide bonds. The predicted octanol–water partition coefficient (Wildman–Crippen LogP) is 3.88. The van der Waals surface area contributed by atoms with Crippen LogP contribution in [0.3, 0.4) is 0 Å². The fourth-order valence-corrected chi connectivity index (χ4v) is 3.23. The highest BCUT2D eigenvalue weighted by molar-refractivity contribution is 9.10. The summed E-state index contributed by atoms with van der Waals surface area (Å²) in [6, 6.07) is 15.6. The second kappa shape index (κ2) is 9.22. The lowest BCUT2D eigenvalue weighted by molar-refractivity contribution is 0.0743. The minimum atomic E-state index is 0. The Morgan fingerprint density at radius 2 is 2.08 bits per heavy atom. The molecule has 1 N–H and O–H groups in total. The number of halogens is 2. The van der Waals surface area contributed by atoms with E-state index in [1.807, 2.05) is 60.5 Å². The summed E-state index contributed by atoms with van der Waals surface area (Å²) in [4.78, 5) is 14.5. The Kier molecular flexibility index (Phi) is 7.29. The number of nitrogens with one attached hydrogen (secondary N) is 1. The molecular formula is C19H22BrClN2O2. The molecule has 0 aromatic heterocycles. The van der Waals surface area contributed by atoms with Gasteiger partial charge in [-0.05, 0) is 37.2 Å². The van der Waals surface area contributed by atoms with E-state index in [2.05, 4.69) is 21.2 Å². The maximum Gasteiger partial charge on any atom is 0.254 e. The minimum Gasteiger partial charge on any atom is -0.489 e. The minimum absolute atomic E-state index is 0. The summed E-state index contributed by atoms with van der Waals surface area (Å²) in [5.41, 5.74) is 1.73. The number of likely N-dealkylation sites (N-methyl/N-ethyl adjacent to an activating group) is 1. The average Bonchev–Trinajstić information content (AvgIpc) is 3.14. The van der Waals surface area contributed by atoms with Crippen LogP contribution in [0.4, 0.5) is 0 Å².